The first kappa shape index (κ1) is 15.8. The molecule has 2 aromatic heterocycles. The second-order valence-electron chi connectivity index (χ2n) is 5.23. The van der Waals surface area contributed by atoms with Crippen molar-refractivity contribution in [2.24, 2.45) is 10.7 Å². The van der Waals surface area contributed by atoms with Gasteiger partial charge in [-0.2, -0.15) is 0 Å². The molecule has 0 spiro atoms. The van der Waals surface area contributed by atoms with E-state index in [0.717, 1.165) is 16.8 Å². The zero-order valence-electron chi connectivity index (χ0n) is 12.8. The molecular formula is C16H16N4OS2. The van der Waals surface area contributed by atoms with E-state index in [1.165, 1.54) is 33.6 Å². The summed E-state index contributed by atoms with van der Waals surface area (Å²) in [6, 6.07) is 7.61. The van der Waals surface area contributed by atoms with Gasteiger partial charge in [-0.25, -0.2) is 9.98 Å². The van der Waals surface area contributed by atoms with E-state index in [1.807, 2.05) is 31.4 Å². The predicted octanol–water partition coefficient (Wildman–Crippen LogP) is 3.25. The van der Waals surface area contributed by atoms with E-state index < -0.39 is 0 Å². The Hall–Kier alpha value is -2.12. The van der Waals surface area contributed by atoms with Gasteiger partial charge in [0.2, 0.25) is 0 Å². The lowest BCUT2D eigenvalue weighted by molar-refractivity contribution is 1.04. The Balaban J connectivity index is 1.75. The maximum absolute atomic E-state index is 11.9. The summed E-state index contributed by atoms with van der Waals surface area (Å²) in [6.07, 6.45) is 1.72. The van der Waals surface area contributed by atoms with E-state index in [0.29, 0.717) is 21.6 Å². The third-order valence-corrected chi connectivity index (χ3v) is 4.75. The van der Waals surface area contributed by atoms with Crippen molar-refractivity contribution in [2.75, 3.05) is 0 Å². The molecule has 0 amide bonds. The molecule has 2 heterocycles. The number of aromatic nitrogens is 2. The van der Waals surface area contributed by atoms with Gasteiger partial charge in [0.05, 0.1) is 11.4 Å². The van der Waals surface area contributed by atoms with Gasteiger partial charge in [0.1, 0.15) is 0 Å². The number of fused-ring (bicyclic) bond motifs is 1. The Kier molecular flexibility index (Phi) is 4.49. The number of hydrogen-bond donors (Lipinski definition) is 1. The lowest BCUT2D eigenvalue weighted by Crippen LogP contribution is -2.13. The van der Waals surface area contributed by atoms with E-state index in [9.17, 15) is 4.79 Å². The van der Waals surface area contributed by atoms with Crippen LogP contribution in [0.3, 0.4) is 0 Å². The number of thiazole rings is 1. The van der Waals surface area contributed by atoms with Crippen molar-refractivity contribution in [3.63, 3.8) is 0 Å². The van der Waals surface area contributed by atoms with Gasteiger partial charge in [-0.1, -0.05) is 17.8 Å². The zero-order valence-corrected chi connectivity index (χ0v) is 14.4. The molecule has 2 N–H and O–H groups in total. The Morgan fingerprint density at radius 2 is 2.04 bits per heavy atom. The second kappa shape index (κ2) is 6.55. The number of thioether (sulfide) groups is 1. The third kappa shape index (κ3) is 3.80. The van der Waals surface area contributed by atoms with Crippen LogP contribution in [0.1, 0.15) is 16.8 Å². The van der Waals surface area contributed by atoms with E-state index in [-0.39, 0.29) is 5.56 Å². The van der Waals surface area contributed by atoms with Crippen LogP contribution in [0, 0.1) is 13.8 Å². The number of nitrogens with two attached hydrogens (primary N) is 1. The van der Waals surface area contributed by atoms with Crippen LogP contribution in [0.25, 0.3) is 4.96 Å². The first-order chi connectivity index (χ1) is 11.0. The van der Waals surface area contributed by atoms with Gasteiger partial charge in [-0.3, -0.25) is 9.20 Å². The lowest BCUT2D eigenvalue weighted by Gasteiger charge is -2.03. The van der Waals surface area contributed by atoms with E-state index in [4.69, 9.17) is 5.73 Å². The van der Waals surface area contributed by atoms with Crippen molar-refractivity contribution < 1.29 is 0 Å². The topological polar surface area (TPSA) is 72.8 Å². The molecule has 0 saturated heterocycles. The number of amidine groups is 1. The highest BCUT2D eigenvalue weighted by molar-refractivity contribution is 8.13. The third-order valence-electron chi connectivity index (χ3n) is 3.17. The largest absolute Gasteiger partial charge is 0.378 e. The first-order valence-electron chi connectivity index (χ1n) is 7.02. The minimum Gasteiger partial charge on any atom is -0.378 e. The molecule has 3 rings (SSSR count). The molecule has 0 bridgehead atoms. The van der Waals surface area contributed by atoms with Crippen molar-refractivity contribution in [3.8, 4) is 0 Å². The fourth-order valence-electron chi connectivity index (χ4n) is 2.28. The summed E-state index contributed by atoms with van der Waals surface area (Å²) in [7, 11) is 0. The van der Waals surface area contributed by atoms with Crippen LogP contribution in [0.2, 0.25) is 0 Å². The normalized spacial score (nSPS) is 12.0. The minimum absolute atomic E-state index is 0.0725. The molecule has 0 aliphatic heterocycles. The number of rotatable bonds is 3. The summed E-state index contributed by atoms with van der Waals surface area (Å²) in [5.41, 5.74) is 9.77. The van der Waals surface area contributed by atoms with Gasteiger partial charge in [0.25, 0.3) is 5.56 Å². The average molecular weight is 344 g/mol. The SMILES string of the molecule is Cc1cc(C)cc(N=C(N)SCc2cc(=O)n3ccsc3n2)c1. The van der Waals surface area contributed by atoms with Crippen molar-refractivity contribution in [2.45, 2.75) is 19.6 Å². The highest BCUT2D eigenvalue weighted by Gasteiger charge is 2.05. The van der Waals surface area contributed by atoms with Crippen LogP contribution in [0.4, 0.5) is 5.69 Å². The molecule has 0 aliphatic carbocycles. The molecule has 1 aromatic carbocycles. The van der Waals surface area contributed by atoms with Gasteiger partial charge < -0.3 is 5.73 Å². The fourth-order valence-corrected chi connectivity index (χ4v) is 3.64. The molecule has 118 valence electrons. The maximum Gasteiger partial charge on any atom is 0.258 e. The zero-order chi connectivity index (χ0) is 16.4. The van der Waals surface area contributed by atoms with E-state index >= 15 is 0 Å². The summed E-state index contributed by atoms with van der Waals surface area (Å²) in [6.45, 7) is 4.06. The van der Waals surface area contributed by atoms with Crippen molar-refractivity contribution in [1.29, 1.82) is 0 Å². The van der Waals surface area contributed by atoms with Crippen LogP contribution in [-0.4, -0.2) is 14.6 Å². The fraction of sp³-hybridized carbons (Fsp3) is 0.188. The predicted molar refractivity (Wildman–Crippen MR) is 97.8 cm³/mol. The molecule has 0 atom stereocenters. The summed E-state index contributed by atoms with van der Waals surface area (Å²) >= 11 is 2.81. The highest BCUT2D eigenvalue weighted by atomic mass is 32.2. The van der Waals surface area contributed by atoms with Crippen molar-refractivity contribution in [1.82, 2.24) is 9.38 Å². The molecule has 7 heteroatoms. The maximum atomic E-state index is 11.9. The van der Waals surface area contributed by atoms with Gasteiger partial charge >= 0.3 is 0 Å². The number of nitrogens with zero attached hydrogens (tertiary/aromatic N) is 3. The van der Waals surface area contributed by atoms with Gasteiger partial charge in [-0.15, -0.1) is 11.3 Å². The van der Waals surface area contributed by atoms with Crippen molar-refractivity contribution >= 4 is 38.9 Å². The van der Waals surface area contributed by atoms with Crippen LogP contribution in [0.15, 0.2) is 45.6 Å². The smallest absolute Gasteiger partial charge is 0.258 e. The Morgan fingerprint density at radius 1 is 1.30 bits per heavy atom. The van der Waals surface area contributed by atoms with E-state index in [1.54, 1.807) is 6.20 Å². The van der Waals surface area contributed by atoms with Crippen LogP contribution in [-0.2, 0) is 5.75 Å². The Labute approximate surface area is 141 Å². The molecular weight excluding hydrogens is 328 g/mol. The molecule has 0 unspecified atom stereocenters. The first-order valence-corrected chi connectivity index (χ1v) is 8.89. The second-order valence-corrected chi connectivity index (χ2v) is 7.09. The molecule has 23 heavy (non-hydrogen) atoms. The highest BCUT2D eigenvalue weighted by Crippen LogP contribution is 2.19. The average Bonchev–Trinajstić information content (AvgIpc) is 2.93. The molecule has 0 aliphatic rings. The van der Waals surface area contributed by atoms with E-state index in [2.05, 4.69) is 16.0 Å². The van der Waals surface area contributed by atoms with Crippen molar-refractivity contribution in [3.05, 3.63) is 63.0 Å². The molecule has 0 radical (unpaired) electrons. The van der Waals surface area contributed by atoms with Gasteiger partial charge in [-0.05, 0) is 37.1 Å². The van der Waals surface area contributed by atoms with Crippen LogP contribution >= 0.6 is 23.1 Å². The Bertz CT molecular complexity index is 922. The number of aryl methyl sites for hydroxylation is 2. The number of aliphatic imine (C=N–C) groups is 1. The Morgan fingerprint density at radius 3 is 2.78 bits per heavy atom. The monoisotopic (exact) mass is 344 g/mol. The molecule has 0 saturated carbocycles. The molecule has 5 nitrogen and oxygen atoms in total. The summed E-state index contributed by atoms with van der Waals surface area (Å²) in [5.74, 6) is 0.518. The number of hydrogen-bond acceptors (Lipinski definition) is 5. The van der Waals surface area contributed by atoms with Gasteiger partial charge in [0, 0.05) is 23.4 Å². The summed E-state index contributed by atoms with van der Waals surface area (Å²) in [4.78, 5) is 21.5. The summed E-state index contributed by atoms with van der Waals surface area (Å²) < 4.78 is 1.53. The van der Waals surface area contributed by atoms with Gasteiger partial charge in [0.15, 0.2) is 10.1 Å². The van der Waals surface area contributed by atoms with Crippen LogP contribution in [0.5, 0.6) is 0 Å². The molecule has 0 fully saturated rings. The minimum atomic E-state index is -0.0725. The molecule has 3 aromatic rings. The van der Waals surface area contributed by atoms with Crippen LogP contribution < -0.4 is 11.3 Å². The number of benzene rings is 1. The quantitative estimate of drug-likeness (QED) is 0.585. The lowest BCUT2D eigenvalue weighted by atomic mass is 10.1. The summed E-state index contributed by atoms with van der Waals surface area (Å²) in [5, 5.41) is 2.31. The standard InChI is InChI=1S/C16H16N4OS2/c1-10-5-11(2)7-12(6-10)18-15(17)23-9-13-8-14(21)20-3-4-22-16(20)19-13/h3-8H,9H2,1-2H3,(H2,17,18).